The maximum absolute atomic E-state index is 3.44. The summed E-state index contributed by atoms with van der Waals surface area (Å²) in [5.74, 6) is 0.959. The van der Waals surface area contributed by atoms with Gasteiger partial charge in [0.15, 0.2) is 0 Å². The van der Waals surface area contributed by atoms with E-state index in [4.69, 9.17) is 0 Å². The summed E-state index contributed by atoms with van der Waals surface area (Å²) in [5, 5.41) is 3.44. The Bertz CT molecular complexity index is 320. The number of halogens is 1. The lowest BCUT2D eigenvalue weighted by Gasteiger charge is -2.29. The van der Waals surface area contributed by atoms with Crippen LogP contribution in [-0.2, 0) is 0 Å². The predicted molar refractivity (Wildman–Crippen MR) is 72.9 cm³/mol. The van der Waals surface area contributed by atoms with Crippen molar-refractivity contribution in [3.8, 4) is 0 Å². The van der Waals surface area contributed by atoms with E-state index < -0.39 is 0 Å². The van der Waals surface area contributed by atoms with Crippen molar-refractivity contribution in [2.45, 2.75) is 31.7 Å². The molecule has 1 aromatic carbocycles. The van der Waals surface area contributed by atoms with Crippen molar-refractivity contribution in [1.82, 2.24) is 5.32 Å². The minimum Gasteiger partial charge on any atom is -0.313 e. The summed E-state index contributed by atoms with van der Waals surface area (Å²) in [6.45, 7) is 0. The van der Waals surface area contributed by atoms with Gasteiger partial charge in [-0.05, 0) is 59.7 Å². The molecule has 1 fully saturated rings. The van der Waals surface area contributed by atoms with E-state index in [0.717, 1.165) is 5.92 Å². The molecule has 1 saturated carbocycles. The molecule has 0 amide bonds. The Labute approximate surface area is 106 Å². The molecule has 1 unspecified atom stereocenters. The molecule has 0 bridgehead atoms. The summed E-state index contributed by atoms with van der Waals surface area (Å²) in [7, 11) is 2.07. The van der Waals surface area contributed by atoms with Crippen molar-refractivity contribution in [2.24, 2.45) is 5.92 Å². The maximum atomic E-state index is 3.44. The number of hydrogen-bond donors (Lipinski definition) is 1. The molecule has 1 aliphatic carbocycles. The van der Waals surface area contributed by atoms with Gasteiger partial charge in [0.1, 0.15) is 0 Å². The van der Waals surface area contributed by atoms with Crippen molar-refractivity contribution in [1.29, 1.82) is 0 Å². The third-order valence-corrected chi connectivity index (χ3v) is 4.06. The number of benzene rings is 1. The molecule has 0 spiro atoms. The number of rotatable bonds is 4. The molecular formula is C13H18IN. The van der Waals surface area contributed by atoms with Gasteiger partial charge in [-0.3, -0.25) is 0 Å². The molecule has 0 heterocycles. The van der Waals surface area contributed by atoms with Gasteiger partial charge >= 0.3 is 0 Å². The van der Waals surface area contributed by atoms with Crippen LogP contribution in [0.1, 0.15) is 37.3 Å². The quantitative estimate of drug-likeness (QED) is 0.835. The SMILES string of the molecule is CNC(CC1CCC1)c1cccc(I)c1. The second kappa shape index (κ2) is 5.30. The van der Waals surface area contributed by atoms with Crippen LogP contribution in [0.2, 0.25) is 0 Å². The summed E-state index contributed by atoms with van der Waals surface area (Å²) < 4.78 is 1.33. The van der Waals surface area contributed by atoms with E-state index in [1.54, 1.807) is 0 Å². The highest BCUT2D eigenvalue weighted by atomic mass is 127. The van der Waals surface area contributed by atoms with E-state index in [1.807, 2.05) is 0 Å². The molecule has 1 N–H and O–H groups in total. The Hall–Kier alpha value is -0.0900. The zero-order valence-electron chi connectivity index (χ0n) is 9.17. The van der Waals surface area contributed by atoms with Gasteiger partial charge in [0.2, 0.25) is 0 Å². The van der Waals surface area contributed by atoms with Crippen LogP contribution >= 0.6 is 22.6 Å². The molecule has 0 radical (unpaired) electrons. The first-order valence-corrected chi connectivity index (χ1v) is 6.80. The zero-order valence-corrected chi connectivity index (χ0v) is 11.3. The first-order chi connectivity index (χ1) is 7.29. The standard InChI is InChI=1S/C13H18IN/c1-15-13(8-10-4-2-5-10)11-6-3-7-12(14)9-11/h3,6-7,9-10,13,15H,2,4-5,8H2,1H3. The topological polar surface area (TPSA) is 12.0 Å². The van der Waals surface area contributed by atoms with Gasteiger partial charge in [0, 0.05) is 9.61 Å². The molecule has 1 aromatic rings. The van der Waals surface area contributed by atoms with Crippen LogP contribution in [0.4, 0.5) is 0 Å². The minimum atomic E-state index is 0.546. The van der Waals surface area contributed by atoms with Gasteiger partial charge in [-0.25, -0.2) is 0 Å². The van der Waals surface area contributed by atoms with Crippen molar-refractivity contribution in [3.05, 3.63) is 33.4 Å². The molecule has 2 rings (SSSR count). The number of hydrogen-bond acceptors (Lipinski definition) is 1. The Morgan fingerprint density at radius 1 is 1.47 bits per heavy atom. The van der Waals surface area contributed by atoms with Gasteiger partial charge in [-0.1, -0.05) is 31.4 Å². The molecule has 82 valence electrons. The number of nitrogens with one attached hydrogen (secondary N) is 1. The molecule has 1 aliphatic rings. The summed E-state index contributed by atoms with van der Waals surface area (Å²) >= 11 is 2.38. The van der Waals surface area contributed by atoms with Crippen LogP contribution in [0.5, 0.6) is 0 Å². The second-order valence-corrected chi connectivity index (χ2v) is 5.67. The molecule has 15 heavy (non-hydrogen) atoms. The van der Waals surface area contributed by atoms with Gasteiger partial charge in [0.05, 0.1) is 0 Å². The smallest absolute Gasteiger partial charge is 0.0320 e. The van der Waals surface area contributed by atoms with Gasteiger partial charge < -0.3 is 5.32 Å². The lowest BCUT2D eigenvalue weighted by atomic mass is 9.79. The molecule has 0 saturated heterocycles. The maximum Gasteiger partial charge on any atom is 0.0320 e. The van der Waals surface area contributed by atoms with E-state index in [1.165, 1.54) is 34.8 Å². The molecule has 0 aliphatic heterocycles. The lowest BCUT2D eigenvalue weighted by Crippen LogP contribution is -2.23. The zero-order chi connectivity index (χ0) is 10.7. The molecule has 1 nitrogen and oxygen atoms in total. The lowest BCUT2D eigenvalue weighted by molar-refractivity contribution is 0.265. The van der Waals surface area contributed by atoms with Crippen molar-refractivity contribution < 1.29 is 0 Å². The Balaban J connectivity index is 2.04. The van der Waals surface area contributed by atoms with E-state index in [2.05, 4.69) is 59.2 Å². The molecule has 1 atom stereocenters. The first kappa shape index (κ1) is 11.4. The normalized spacial score (nSPS) is 18.5. The van der Waals surface area contributed by atoms with Crippen LogP contribution in [0.15, 0.2) is 24.3 Å². The summed E-state index contributed by atoms with van der Waals surface area (Å²) in [5.41, 5.74) is 1.44. The minimum absolute atomic E-state index is 0.546. The molecule has 0 aromatic heterocycles. The average Bonchev–Trinajstić information content (AvgIpc) is 2.16. The fourth-order valence-corrected chi connectivity index (χ4v) is 2.77. The highest BCUT2D eigenvalue weighted by Crippen LogP contribution is 2.34. The monoisotopic (exact) mass is 315 g/mol. The van der Waals surface area contributed by atoms with Crippen LogP contribution < -0.4 is 5.32 Å². The van der Waals surface area contributed by atoms with Crippen molar-refractivity contribution >= 4 is 22.6 Å². The van der Waals surface area contributed by atoms with E-state index in [0.29, 0.717) is 6.04 Å². The highest BCUT2D eigenvalue weighted by Gasteiger charge is 2.22. The van der Waals surface area contributed by atoms with Gasteiger partial charge in [-0.2, -0.15) is 0 Å². The third kappa shape index (κ3) is 2.94. The highest BCUT2D eigenvalue weighted by molar-refractivity contribution is 14.1. The largest absolute Gasteiger partial charge is 0.313 e. The predicted octanol–water partition coefficient (Wildman–Crippen LogP) is 3.74. The summed E-state index contributed by atoms with van der Waals surface area (Å²) in [6.07, 6.45) is 5.61. The van der Waals surface area contributed by atoms with Crippen LogP contribution in [-0.4, -0.2) is 7.05 Å². The Morgan fingerprint density at radius 3 is 2.80 bits per heavy atom. The summed E-state index contributed by atoms with van der Waals surface area (Å²) in [6, 6.07) is 9.38. The van der Waals surface area contributed by atoms with Crippen LogP contribution in [0.25, 0.3) is 0 Å². The van der Waals surface area contributed by atoms with E-state index >= 15 is 0 Å². The first-order valence-electron chi connectivity index (χ1n) is 5.72. The van der Waals surface area contributed by atoms with Crippen molar-refractivity contribution in [2.75, 3.05) is 7.05 Å². The average molecular weight is 315 g/mol. The van der Waals surface area contributed by atoms with Crippen LogP contribution in [0.3, 0.4) is 0 Å². The summed E-state index contributed by atoms with van der Waals surface area (Å²) in [4.78, 5) is 0. The fraction of sp³-hybridized carbons (Fsp3) is 0.538. The van der Waals surface area contributed by atoms with Crippen molar-refractivity contribution in [3.63, 3.8) is 0 Å². The third-order valence-electron chi connectivity index (χ3n) is 3.39. The van der Waals surface area contributed by atoms with Crippen LogP contribution in [0, 0.1) is 9.49 Å². The second-order valence-electron chi connectivity index (χ2n) is 4.43. The Morgan fingerprint density at radius 2 is 2.27 bits per heavy atom. The van der Waals surface area contributed by atoms with Gasteiger partial charge in [0.25, 0.3) is 0 Å². The molecular weight excluding hydrogens is 297 g/mol. The Kier molecular flexibility index (Phi) is 4.03. The molecule has 2 heteroatoms. The van der Waals surface area contributed by atoms with E-state index in [9.17, 15) is 0 Å². The fourth-order valence-electron chi connectivity index (χ4n) is 2.21. The van der Waals surface area contributed by atoms with E-state index in [-0.39, 0.29) is 0 Å². The van der Waals surface area contributed by atoms with Gasteiger partial charge in [-0.15, -0.1) is 0 Å².